The van der Waals surface area contributed by atoms with Gasteiger partial charge in [0, 0.05) is 17.3 Å². The van der Waals surface area contributed by atoms with Crippen molar-refractivity contribution in [3.63, 3.8) is 0 Å². The van der Waals surface area contributed by atoms with Crippen LogP contribution in [0, 0.1) is 0 Å². The number of hydrogen-bond donors (Lipinski definition) is 0. The molecule has 0 saturated carbocycles. The van der Waals surface area contributed by atoms with Gasteiger partial charge in [0.1, 0.15) is 12.4 Å². The first-order valence-corrected chi connectivity index (χ1v) is 10.8. The smallest absolute Gasteiger partial charge is 0.191 e. The Morgan fingerprint density at radius 2 is 1.68 bits per heavy atom. The molecule has 4 nitrogen and oxygen atoms in total. The number of halogens is 1. The topological polar surface area (TPSA) is 39.9 Å². The van der Waals surface area contributed by atoms with Gasteiger partial charge in [0.15, 0.2) is 11.0 Å². The second-order valence-corrected chi connectivity index (χ2v) is 9.00. The van der Waals surface area contributed by atoms with Gasteiger partial charge in [-0.15, -0.1) is 10.2 Å². The summed E-state index contributed by atoms with van der Waals surface area (Å²) in [6.07, 6.45) is 0. The summed E-state index contributed by atoms with van der Waals surface area (Å²) >= 11 is 7.61. The average molecular weight is 416 g/mol. The molecule has 6 heteroatoms. The van der Waals surface area contributed by atoms with Crippen LogP contribution in [0.2, 0.25) is 5.02 Å². The fourth-order valence-electron chi connectivity index (χ4n) is 2.78. The van der Waals surface area contributed by atoms with Crippen LogP contribution >= 0.6 is 23.4 Å². The van der Waals surface area contributed by atoms with E-state index in [9.17, 15) is 0 Å². The summed E-state index contributed by atoms with van der Waals surface area (Å²) in [5, 5.41) is 10.3. The average Bonchev–Trinajstić information content (AvgIpc) is 3.07. The van der Waals surface area contributed by atoms with Gasteiger partial charge >= 0.3 is 0 Å². The highest BCUT2D eigenvalue weighted by Crippen LogP contribution is 2.26. The van der Waals surface area contributed by atoms with Crippen molar-refractivity contribution in [3.05, 3.63) is 70.5 Å². The Morgan fingerprint density at radius 1 is 1.00 bits per heavy atom. The zero-order valence-electron chi connectivity index (χ0n) is 16.8. The third-order valence-electron chi connectivity index (χ3n) is 4.48. The Hall–Kier alpha value is -1.98. The van der Waals surface area contributed by atoms with Crippen LogP contribution in [0.15, 0.2) is 53.7 Å². The van der Waals surface area contributed by atoms with Crippen molar-refractivity contribution in [2.24, 2.45) is 0 Å². The number of benzene rings is 2. The summed E-state index contributed by atoms with van der Waals surface area (Å²) in [5.74, 6) is 2.45. The van der Waals surface area contributed by atoms with Gasteiger partial charge in [-0.25, -0.2) is 0 Å². The van der Waals surface area contributed by atoms with Gasteiger partial charge < -0.3 is 9.30 Å². The molecule has 0 amide bonds. The number of ether oxygens (including phenoxy) is 1. The molecule has 0 unspecified atom stereocenters. The standard InChI is InChI=1S/C22H26ClN3OS/c1-5-26-20(14-27-19-12-10-18(23)11-13-19)24-25-21(26)28-15-16-6-8-17(9-7-16)22(2,3)4/h6-13H,5,14-15H2,1-4H3. The zero-order valence-corrected chi connectivity index (χ0v) is 18.3. The van der Waals surface area contributed by atoms with Crippen molar-refractivity contribution >= 4 is 23.4 Å². The van der Waals surface area contributed by atoms with E-state index in [2.05, 4.69) is 66.7 Å². The van der Waals surface area contributed by atoms with Crippen LogP contribution in [0.4, 0.5) is 0 Å². The number of nitrogens with zero attached hydrogens (tertiary/aromatic N) is 3. The predicted molar refractivity (Wildman–Crippen MR) is 116 cm³/mol. The Labute approximate surface area is 176 Å². The van der Waals surface area contributed by atoms with Gasteiger partial charge in [-0.1, -0.05) is 68.4 Å². The predicted octanol–water partition coefficient (Wildman–Crippen LogP) is 6.12. The largest absolute Gasteiger partial charge is 0.486 e. The highest BCUT2D eigenvalue weighted by atomic mass is 35.5. The van der Waals surface area contributed by atoms with E-state index in [1.165, 1.54) is 11.1 Å². The Bertz CT molecular complexity index is 899. The SMILES string of the molecule is CCn1c(COc2ccc(Cl)cc2)nnc1SCc1ccc(C(C)(C)C)cc1. The molecule has 28 heavy (non-hydrogen) atoms. The quantitative estimate of drug-likeness (QED) is 0.436. The zero-order chi connectivity index (χ0) is 20.1. The van der Waals surface area contributed by atoms with E-state index >= 15 is 0 Å². The summed E-state index contributed by atoms with van der Waals surface area (Å²) in [6.45, 7) is 9.97. The van der Waals surface area contributed by atoms with Crippen molar-refractivity contribution in [1.82, 2.24) is 14.8 Å². The first-order valence-electron chi connectivity index (χ1n) is 9.39. The highest BCUT2D eigenvalue weighted by molar-refractivity contribution is 7.98. The molecular weight excluding hydrogens is 390 g/mol. The lowest BCUT2D eigenvalue weighted by atomic mass is 9.87. The lowest BCUT2D eigenvalue weighted by molar-refractivity contribution is 0.288. The van der Waals surface area contributed by atoms with Gasteiger partial charge in [0.05, 0.1) is 0 Å². The Morgan fingerprint density at radius 3 is 2.29 bits per heavy atom. The molecule has 0 N–H and O–H groups in total. The molecule has 3 rings (SSSR count). The van der Waals surface area contributed by atoms with Crippen LogP contribution in [-0.4, -0.2) is 14.8 Å². The molecule has 0 saturated heterocycles. The molecule has 3 aromatic rings. The van der Waals surface area contributed by atoms with E-state index in [0.717, 1.165) is 29.0 Å². The van der Waals surface area contributed by atoms with Crippen LogP contribution in [0.1, 0.15) is 44.6 Å². The second kappa shape index (κ2) is 9.01. The van der Waals surface area contributed by atoms with Crippen molar-refractivity contribution in [2.75, 3.05) is 0 Å². The van der Waals surface area contributed by atoms with Crippen molar-refractivity contribution in [1.29, 1.82) is 0 Å². The molecular formula is C22H26ClN3OS. The lowest BCUT2D eigenvalue weighted by Crippen LogP contribution is -2.10. The number of hydrogen-bond acceptors (Lipinski definition) is 4. The summed E-state index contributed by atoms with van der Waals surface area (Å²) in [7, 11) is 0. The molecule has 1 heterocycles. The molecule has 0 aliphatic rings. The molecule has 2 aromatic carbocycles. The maximum Gasteiger partial charge on any atom is 0.191 e. The van der Waals surface area contributed by atoms with E-state index in [0.29, 0.717) is 11.6 Å². The maximum atomic E-state index is 5.91. The molecule has 0 aliphatic carbocycles. The molecule has 0 radical (unpaired) electrons. The van der Waals surface area contributed by atoms with E-state index in [1.54, 1.807) is 11.8 Å². The van der Waals surface area contributed by atoms with Crippen molar-refractivity contribution < 1.29 is 4.74 Å². The first-order chi connectivity index (χ1) is 13.4. The maximum absolute atomic E-state index is 5.91. The minimum Gasteiger partial charge on any atom is -0.486 e. The van der Waals surface area contributed by atoms with Crippen LogP contribution in [0.25, 0.3) is 0 Å². The van der Waals surface area contributed by atoms with Gasteiger partial charge in [-0.05, 0) is 47.7 Å². The van der Waals surface area contributed by atoms with E-state index in [4.69, 9.17) is 16.3 Å². The van der Waals surface area contributed by atoms with Crippen LogP contribution in [0.3, 0.4) is 0 Å². The fourth-order valence-corrected chi connectivity index (χ4v) is 3.88. The van der Waals surface area contributed by atoms with Crippen LogP contribution < -0.4 is 4.74 Å². The third-order valence-corrected chi connectivity index (χ3v) is 5.77. The van der Waals surface area contributed by atoms with Gasteiger partial charge in [0.25, 0.3) is 0 Å². The lowest BCUT2D eigenvalue weighted by Gasteiger charge is -2.19. The van der Waals surface area contributed by atoms with Crippen LogP contribution in [-0.2, 0) is 24.3 Å². The summed E-state index contributed by atoms with van der Waals surface area (Å²) in [4.78, 5) is 0. The molecule has 1 aromatic heterocycles. The summed E-state index contributed by atoms with van der Waals surface area (Å²) in [6, 6.07) is 16.2. The number of thioether (sulfide) groups is 1. The van der Waals surface area contributed by atoms with Gasteiger partial charge in [-0.3, -0.25) is 0 Å². The van der Waals surface area contributed by atoms with Crippen molar-refractivity contribution in [3.8, 4) is 5.75 Å². The van der Waals surface area contributed by atoms with Gasteiger partial charge in [-0.2, -0.15) is 0 Å². The van der Waals surface area contributed by atoms with E-state index in [-0.39, 0.29) is 5.41 Å². The highest BCUT2D eigenvalue weighted by Gasteiger charge is 2.14. The minimum atomic E-state index is 0.174. The molecule has 0 aliphatic heterocycles. The molecule has 148 valence electrons. The number of aromatic nitrogens is 3. The Balaban J connectivity index is 1.62. The Kier molecular flexibility index (Phi) is 6.68. The summed E-state index contributed by atoms with van der Waals surface area (Å²) in [5.41, 5.74) is 2.80. The fraction of sp³-hybridized carbons (Fsp3) is 0.364. The molecule has 0 atom stereocenters. The molecule has 0 spiro atoms. The number of rotatable bonds is 7. The first kappa shape index (κ1) is 20.7. The third kappa shape index (κ3) is 5.30. The van der Waals surface area contributed by atoms with Crippen LogP contribution in [0.5, 0.6) is 5.75 Å². The summed E-state index contributed by atoms with van der Waals surface area (Å²) < 4.78 is 7.92. The van der Waals surface area contributed by atoms with Crippen molar-refractivity contribution in [2.45, 2.75) is 57.2 Å². The molecule has 0 fully saturated rings. The molecule has 0 bridgehead atoms. The van der Waals surface area contributed by atoms with E-state index < -0.39 is 0 Å². The van der Waals surface area contributed by atoms with E-state index in [1.807, 2.05) is 24.3 Å². The minimum absolute atomic E-state index is 0.174. The second-order valence-electron chi connectivity index (χ2n) is 7.62. The normalized spacial score (nSPS) is 11.6. The monoisotopic (exact) mass is 415 g/mol. The van der Waals surface area contributed by atoms with Gasteiger partial charge in [0.2, 0.25) is 0 Å².